The maximum atomic E-state index is 12.2. The Bertz CT molecular complexity index is 969. The number of ether oxygens (including phenoxy) is 1. The van der Waals surface area contributed by atoms with Gasteiger partial charge in [0, 0.05) is 22.7 Å². The van der Waals surface area contributed by atoms with Crippen molar-refractivity contribution in [1.29, 1.82) is 0 Å². The summed E-state index contributed by atoms with van der Waals surface area (Å²) in [5.74, 6) is -1.06. The average molecular weight is 373 g/mol. The number of carbonyl (C=O) groups excluding carboxylic acids is 1. The third kappa shape index (κ3) is 4.54. The van der Waals surface area contributed by atoms with Crippen LogP contribution in [0.1, 0.15) is 21.5 Å². The third-order valence-electron chi connectivity index (χ3n) is 3.44. The summed E-state index contributed by atoms with van der Waals surface area (Å²) >= 11 is 0. The van der Waals surface area contributed by atoms with Crippen molar-refractivity contribution < 1.29 is 24.5 Å². The highest BCUT2D eigenvalue weighted by molar-refractivity contribution is 5.94. The molecule has 12 heteroatoms. The van der Waals surface area contributed by atoms with Crippen molar-refractivity contribution in [1.82, 2.24) is 0 Å². The van der Waals surface area contributed by atoms with Gasteiger partial charge >= 0.3 is 5.97 Å². The first-order valence-corrected chi connectivity index (χ1v) is 7.25. The van der Waals surface area contributed by atoms with E-state index in [-0.39, 0.29) is 22.5 Å². The topological polar surface area (TPSA) is 182 Å². The summed E-state index contributed by atoms with van der Waals surface area (Å²) < 4.78 is 4.98. The number of azide groups is 1. The number of nitrogens with zero attached hydrogens (tertiary/aromatic N) is 5. The molecule has 0 aliphatic carbocycles. The van der Waals surface area contributed by atoms with E-state index in [0.717, 1.165) is 18.2 Å². The van der Waals surface area contributed by atoms with Crippen LogP contribution < -0.4 is 0 Å². The van der Waals surface area contributed by atoms with Gasteiger partial charge in [-0.3, -0.25) is 20.2 Å². The van der Waals surface area contributed by atoms with E-state index >= 15 is 0 Å². The molecule has 0 spiro atoms. The Morgan fingerprint density at radius 1 is 1.15 bits per heavy atom. The molecule has 12 nitrogen and oxygen atoms in total. The van der Waals surface area contributed by atoms with Crippen molar-refractivity contribution in [3.63, 3.8) is 0 Å². The van der Waals surface area contributed by atoms with E-state index in [0.29, 0.717) is 0 Å². The van der Waals surface area contributed by atoms with Crippen LogP contribution in [0.4, 0.5) is 17.1 Å². The van der Waals surface area contributed by atoms with Gasteiger partial charge in [-0.05, 0) is 29.3 Å². The lowest BCUT2D eigenvalue weighted by Crippen LogP contribution is -2.08. The van der Waals surface area contributed by atoms with Gasteiger partial charge in [0.2, 0.25) is 0 Å². The number of rotatable bonds is 7. The fraction of sp³-hybridized carbons (Fsp3) is 0.133. The summed E-state index contributed by atoms with van der Waals surface area (Å²) in [5, 5.41) is 34.4. The van der Waals surface area contributed by atoms with E-state index < -0.39 is 40.3 Å². The minimum absolute atomic E-state index is 0.0158. The number of benzene rings is 2. The Kier molecular flexibility index (Phi) is 5.99. The van der Waals surface area contributed by atoms with E-state index in [4.69, 9.17) is 15.4 Å². The molecule has 0 heterocycles. The van der Waals surface area contributed by atoms with Crippen LogP contribution in [0.25, 0.3) is 10.4 Å². The molecular weight excluding hydrogens is 362 g/mol. The molecule has 0 amide bonds. The Hall–Kier alpha value is -4.02. The summed E-state index contributed by atoms with van der Waals surface area (Å²) in [5.41, 5.74) is 7.44. The lowest BCUT2D eigenvalue weighted by atomic mass is 10.1. The average Bonchev–Trinajstić information content (AvgIpc) is 2.65. The number of nitro groups is 2. The second kappa shape index (κ2) is 8.38. The molecule has 2 aromatic rings. The van der Waals surface area contributed by atoms with Crippen LogP contribution in [0.3, 0.4) is 0 Å². The molecule has 0 atom stereocenters. The van der Waals surface area contributed by atoms with Crippen molar-refractivity contribution in [2.24, 2.45) is 5.11 Å². The normalized spacial score (nSPS) is 9.96. The Balaban J connectivity index is 2.26. The molecule has 2 aromatic carbocycles. The molecule has 138 valence electrons. The molecule has 1 N–H and O–H groups in total. The Morgan fingerprint density at radius 2 is 1.85 bits per heavy atom. The molecule has 0 unspecified atom stereocenters. The van der Waals surface area contributed by atoms with E-state index in [2.05, 4.69) is 10.0 Å². The van der Waals surface area contributed by atoms with Crippen molar-refractivity contribution in [2.45, 2.75) is 13.2 Å². The summed E-state index contributed by atoms with van der Waals surface area (Å²) in [6, 6.07) is 7.04. The first-order chi connectivity index (χ1) is 12.9. The molecule has 0 saturated heterocycles. The van der Waals surface area contributed by atoms with Crippen LogP contribution >= 0.6 is 0 Å². The van der Waals surface area contributed by atoms with E-state index in [1.165, 1.54) is 18.2 Å². The van der Waals surface area contributed by atoms with Gasteiger partial charge in [0.25, 0.3) is 11.4 Å². The zero-order valence-corrected chi connectivity index (χ0v) is 13.5. The highest BCUT2D eigenvalue weighted by Crippen LogP contribution is 2.26. The molecule has 27 heavy (non-hydrogen) atoms. The monoisotopic (exact) mass is 373 g/mol. The second-order valence-corrected chi connectivity index (χ2v) is 5.10. The lowest BCUT2D eigenvalue weighted by Gasteiger charge is -2.07. The fourth-order valence-electron chi connectivity index (χ4n) is 2.19. The van der Waals surface area contributed by atoms with Gasteiger partial charge in [-0.25, -0.2) is 4.79 Å². The molecule has 0 fully saturated rings. The number of carbonyl (C=O) groups is 1. The molecule has 2 rings (SSSR count). The minimum atomic E-state index is -1.06. The van der Waals surface area contributed by atoms with Gasteiger partial charge in [-0.15, -0.1) is 0 Å². The number of aliphatic hydroxyl groups excluding tert-OH is 1. The number of aliphatic hydroxyl groups is 1. The fourth-order valence-corrected chi connectivity index (χ4v) is 2.19. The smallest absolute Gasteiger partial charge is 0.345 e. The quantitative estimate of drug-likeness (QED) is 0.193. The molecule has 0 aliphatic heterocycles. The summed E-state index contributed by atoms with van der Waals surface area (Å²) in [6.07, 6.45) is 0. The number of nitro benzene ring substituents is 2. The van der Waals surface area contributed by atoms with Crippen molar-refractivity contribution in [2.75, 3.05) is 0 Å². The number of hydrogen-bond donors (Lipinski definition) is 1. The van der Waals surface area contributed by atoms with Gasteiger partial charge in [-0.1, -0.05) is 11.2 Å². The standard InChI is InChI=1S/C15H11N5O7/c16-18-17-11-3-4-13(19(23)24)12(6-11)15(22)27-8-9-1-2-10(7-21)14(5-9)20(25)26/h1-6,21H,7-8H2. The third-order valence-corrected chi connectivity index (χ3v) is 3.44. The van der Waals surface area contributed by atoms with E-state index in [1.807, 2.05) is 0 Å². The van der Waals surface area contributed by atoms with Crippen LogP contribution in [0.2, 0.25) is 0 Å². The highest BCUT2D eigenvalue weighted by atomic mass is 16.6. The van der Waals surface area contributed by atoms with Crippen LogP contribution in [-0.2, 0) is 18.0 Å². The first-order valence-electron chi connectivity index (χ1n) is 7.25. The zero-order valence-electron chi connectivity index (χ0n) is 13.5. The SMILES string of the molecule is [N-]=[N+]=Nc1ccc([N+](=O)[O-])c(C(=O)OCc2ccc(CO)c([N+](=O)[O-])c2)c1. The van der Waals surface area contributed by atoms with Gasteiger partial charge in [0.05, 0.1) is 22.0 Å². The van der Waals surface area contributed by atoms with E-state index in [9.17, 15) is 25.0 Å². The molecular formula is C15H11N5O7. The second-order valence-electron chi connectivity index (χ2n) is 5.10. The van der Waals surface area contributed by atoms with Crippen molar-refractivity contribution >= 4 is 23.0 Å². The van der Waals surface area contributed by atoms with Crippen LogP contribution in [-0.4, -0.2) is 20.9 Å². The van der Waals surface area contributed by atoms with E-state index in [1.54, 1.807) is 0 Å². The Morgan fingerprint density at radius 3 is 2.44 bits per heavy atom. The number of esters is 1. The lowest BCUT2D eigenvalue weighted by molar-refractivity contribution is -0.386. The first kappa shape index (κ1) is 19.3. The maximum absolute atomic E-state index is 12.2. The molecule has 0 saturated carbocycles. The summed E-state index contributed by atoms with van der Waals surface area (Å²) in [7, 11) is 0. The largest absolute Gasteiger partial charge is 0.457 e. The highest BCUT2D eigenvalue weighted by Gasteiger charge is 2.22. The van der Waals surface area contributed by atoms with Crippen LogP contribution in [0.15, 0.2) is 41.5 Å². The van der Waals surface area contributed by atoms with Gasteiger partial charge < -0.3 is 9.84 Å². The van der Waals surface area contributed by atoms with Crippen LogP contribution in [0, 0.1) is 20.2 Å². The van der Waals surface area contributed by atoms with Crippen LogP contribution in [0.5, 0.6) is 0 Å². The van der Waals surface area contributed by atoms with Gasteiger partial charge in [0.1, 0.15) is 12.2 Å². The predicted octanol–water partition coefficient (Wildman–Crippen LogP) is 3.29. The summed E-state index contributed by atoms with van der Waals surface area (Å²) in [6.45, 7) is -0.928. The molecule has 0 radical (unpaired) electrons. The Labute approximate surface area is 150 Å². The van der Waals surface area contributed by atoms with Gasteiger partial charge in [0.15, 0.2) is 0 Å². The maximum Gasteiger partial charge on any atom is 0.345 e. The predicted molar refractivity (Wildman–Crippen MR) is 90.0 cm³/mol. The summed E-state index contributed by atoms with van der Waals surface area (Å²) in [4.78, 5) is 35.3. The molecule has 0 bridgehead atoms. The minimum Gasteiger partial charge on any atom is -0.457 e. The number of hydrogen-bond acceptors (Lipinski definition) is 8. The zero-order chi connectivity index (χ0) is 20.0. The molecule has 0 aromatic heterocycles. The molecule has 0 aliphatic rings. The van der Waals surface area contributed by atoms with Crippen molar-refractivity contribution in [3.05, 3.63) is 83.8 Å². The van der Waals surface area contributed by atoms with Gasteiger partial charge in [-0.2, -0.15) is 0 Å². The van der Waals surface area contributed by atoms with Crippen molar-refractivity contribution in [3.8, 4) is 0 Å².